The zero-order valence-electron chi connectivity index (χ0n) is 24.0. The van der Waals surface area contributed by atoms with Crippen LogP contribution in [0.1, 0.15) is 43.5 Å². The number of hydrogen-bond acceptors (Lipinski definition) is 6. The van der Waals surface area contributed by atoms with Crippen LogP contribution in [0.25, 0.3) is 6.08 Å². The molecular weight excluding hydrogens is 570 g/mol. The van der Waals surface area contributed by atoms with Crippen molar-refractivity contribution in [3.8, 4) is 11.5 Å². The molecule has 1 aliphatic heterocycles. The highest BCUT2D eigenvalue weighted by molar-refractivity contribution is 7.07. The second kappa shape index (κ2) is 12.8. The minimum Gasteiger partial charge on any atom is -0.493 e. The molecule has 0 N–H and O–H groups in total. The molecule has 1 atom stereocenters. The molecule has 0 radical (unpaired) electrons. The summed E-state index contributed by atoms with van der Waals surface area (Å²) in [6.45, 7) is 7.23. The van der Waals surface area contributed by atoms with E-state index in [9.17, 15) is 9.59 Å². The van der Waals surface area contributed by atoms with Crippen LogP contribution in [0.3, 0.4) is 0 Å². The largest absolute Gasteiger partial charge is 0.493 e. The third kappa shape index (κ3) is 5.91. The minimum atomic E-state index is -0.628. The lowest BCUT2D eigenvalue weighted by atomic mass is 9.94. The summed E-state index contributed by atoms with van der Waals surface area (Å²) in [6, 6.07) is 22.1. The molecule has 0 saturated carbocycles. The molecule has 7 nitrogen and oxygen atoms in total. The molecule has 4 aromatic rings. The molecule has 1 aliphatic rings. The van der Waals surface area contributed by atoms with E-state index in [-0.39, 0.29) is 11.5 Å². The fourth-order valence-electron chi connectivity index (χ4n) is 5.02. The molecule has 3 aromatic carbocycles. The van der Waals surface area contributed by atoms with Crippen molar-refractivity contribution in [2.45, 2.75) is 33.4 Å². The van der Waals surface area contributed by atoms with Gasteiger partial charge in [0, 0.05) is 18.1 Å². The highest BCUT2D eigenvalue weighted by atomic mass is 35.5. The number of amides is 1. The topological polar surface area (TPSA) is 73.1 Å². The lowest BCUT2D eigenvalue weighted by molar-refractivity contribution is -0.127. The fraction of sp³-hybridized carbons (Fsp3) is 0.242. The smallest absolute Gasteiger partial charge is 0.271 e. The Morgan fingerprint density at radius 3 is 2.43 bits per heavy atom. The van der Waals surface area contributed by atoms with E-state index in [1.165, 1.54) is 11.3 Å². The van der Waals surface area contributed by atoms with Crippen molar-refractivity contribution in [2.75, 3.05) is 20.2 Å². The lowest BCUT2D eigenvalue weighted by Gasteiger charge is -2.29. The minimum absolute atomic E-state index is 0.133. The molecule has 1 aromatic heterocycles. The number of carbonyl (C=O) groups excluding carboxylic acids is 1. The highest BCUT2D eigenvalue weighted by Crippen LogP contribution is 2.32. The molecule has 42 heavy (non-hydrogen) atoms. The number of thiazole rings is 1. The summed E-state index contributed by atoms with van der Waals surface area (Å²) in [4.78, 5) is 34.7. The number of ether oxygens (including phenoxy) is 2. The Morgan fingerprint density at radius 2 is 1.76 bits per heavy atom. The lowest BCUT2D eigenvalue weighted by Crippen LogP contribution is -2.43. The van der Waals surface area contributed by atoms with Crippen molar-refractivity contribution in [1.29, 1.82) is 0 Å². The summed E-state index contributed by atoms with van der Waals surface area (Å²) in [7, 11) is 1.59. The molecule has 0 spiro atoms. The molecular formula is C33H32ClN3O4S. The Bertz CT molecular complexity index is 1810. The van der Waals surface area contributed by atoms with E-state index < -0.39 is 6.04 Å². The third-order valence-electron chi connectivity index (χ3n) is 7.21. The van der Waals surface area contributed by atoms with Gasteiger partial charge >= 0.3 is 0 Å². The molecule has 0 fully saturated rings. The van der Waals surface area contributed by atoms with Gasteiger partial charge in [-0.3, -0.25) is 14.2 Å². The predicted molar refractivity (Wildman–Crippen MR) is 167 cm³/mol. The first-order valence-electron chi connectivity index (χ1n) is 13.8. The van der Waals surface area contributed by atoms with Gasteiger partial charge in [0.1, 0.15) is 6.61 Å². The Balaban J connectivity index is 1.57. The molecule has 0 saturated heterocycles. The van der Waals surface area contributed by atoms with Crippen LogP contribution in [-0.4, -0.2) is 35.6 Å². The van der Waals surface area contributed by atoms with Gasteiger partial charge in [0.2, 0.25) is 0 Å². The summed E-state index contributed by atoms with van der Waals surface area (Å²) in [5.74, 6) is 1.04. The number of rotatable bonds is 9. The van der Waals surface area contributed by atoms with E-state index in [0.717, 1.165) is 16.7 Å². The SMILES string of the molecule is CCN(CC)C(=O)C1=C(C)N=c2s/c(=C/c3ccc(OCc4ccccc4)c(OC)c3)c(=O)n2[C@H]1c1ccc(Cl)cc1. The number of aromatic nitrogens is 1. The van der Waals surface area contributed by atoms with E-state index in [1.54, 1.807) is 28.7 Å². The van der Waals surface area contributed by atoms with Crippen LogP contribution in [0, 0.1) is 0 Å². The average Bonchev–Trinajstić information content (AvgIpc) is 3.30. The zero-order chi connectivity index (χ0) is 29.8. The van der Waals surface area contributed by atoms with Gasteiger partial charge in [-0.25, -0.2) is 4.99 Å². The van der Waals surface area contributed by atoms with Crippen LogP contribution in [0.2, 0.25) is 5.02 Å². The van der Waals surface area contributed by atoms with Gasteiger partial charge in [-0.15, -0.1) is 0 Å². The highest BCUT2D eigenvalue weighted by Gasteiger charge is 2.34. The summed E-state index contributed by atoms with van der Waals surface area (Å²) in [6.07, 6.45) is 1.82. The van der Waals surface area contributed by atoms with Gasteiger partial charge in [0.05, 0.1) is 29.0 Å². The van der Waals surface area contributed by atoms with Crippen LogP contribution < -0.4 is 24.4 Å². The first-order valence-corrected chi connectivity index (χ1v) is 15.0. The number of nitrogens with zero attached hydrogens (tertiary/aromatic N) is 3. The van der Waals surface area contributed by atoms with Crippen LogP contribution in [0.5, 0.6) is 11.5 Å². The van der Waals surface area contributed by atoms with Crippen LogP contribution in [0.15, 0.2) is 93.9 Å². The average molecular weight is 602 g/mol. The first-order chi connectivity index (χ1) is 20.3. The maximum absolute atomic E-state index is 14.0. The zero-order valence-corrected chi connectivity index (χ0v) is 25.5. The second-order valence-corrected chi connectivity index (χ2v) is 11.2. The normalized spacial score (nSPS) is 14.8. The molecule has 2 heterocycles. The Kier molecular flexibility index (Phi) is 8.94. The van der Waals surface area contributed by atoms with Crippen molar-refractivity contribution >= 4 is 34.9 Å². The molecule has 1 amide bonds. The van der Waals surface area contributed by atoms with Crippen molar-refractivity contribution < 1.29 is 14.3 Å². The maximum Gasteiger partial charge on any atom is 0.271 e. The van der Waals surface area contributed by atoms with Gasteiger partial charge < -0.3 is 14.4 Å². The standard InChI is InChI=1S/C33H32ClN3O4S/c1-5-36(6-2)32(39)29-21(3)35-33-37(30(29)24-13-15-25(34)16-14-24)31(38)28(42-33)19-23-12-17-26(27(18-23)40-4)41-20-22-10-8-7-9-11-22/h7-19,30H,5-6,20H2,1-4H3/b28-19+/t30-/m0/s1. The summed E-state index contributed by atoms with van der Waals surface area (Å²) in [5, 5.41) is 0.577. The monoisotopic (exact) mass is 601 g/mol. The molecule has 0 bridgehead atoms. The number of carbonyl (C=O) groups is 1. The summed E-state index contributed by atoms with van der Waals surface area (Å²) in [5.41, 5.74) is 3.48. The maximum atomic E-state index is 14.0. The van der Waals surface area contributed by atoms with Gasteiger partial charge in [-0.2, -0.15) is 0 Å². The number of methoxy groups -OCH3 is 1. The van der Waals surface area contributed by atoms with E-state index in [2.05, 4.69) is 0 Å². The van der Waals surface area contributed by atoms with Gasteiger partial charge in [0.15, 0.2) is 16.3 Å². The van der Waals surface area contributed by atoms with Crippen molar-refractivity contribution in [2.24, 2.45) is 4.99 Å². The number of halogens is 1. The van der Waals surface area contributed by atoms with Crippen molar-refractivity contribution in [3.63, 3.8) is 0 Å². The summed E-state index contributed by atoms with van der Waals surface area (Å²) < 4.78 is 13.7. The van der Waals surface area contributed by atoms with E-state index >= 15 is 0 Å². The van der Waals surface area contributed by atoms with Gasteiger partial charge in [-0.1, -0.05) is 71.5 Å². The fourth-order valence-corrected chi connectivity index (χ4v) is 6.19. The Morgan fingerprint density at radius 1 is 1.05 bits per heavy atom. The molecule has 5 rings (SSSR count). The number of fused-ring (bicyclic) bond motifs is 1. The molecule has 216 valence electrons. The van der Waals surface area contributed by atoms with Gasteiger partial charge in [0.25, 0.3) is 11.5 Å². The Labute approximate surface area is 253 Å². The van der Waals surface area contributed by atoms with E-state index in [1.807, 2.05) is 87.5 Å². The first kappa shape index (κ1) is 29.4. The predicted octanol–water partition coefficient (Wildman–Crippen LogP) is 5.34. The molecule has 0 unspecified atom stereocenters. The van der Waals surface area contributed by atoms with Crippen molar-refractivity contribution in [3.05, 3.63) is 125 Å². The van der Waals surface area contributed by atoms with Gasteiger partial charge in [-0.05, 0) is 67.8 Å². The second-order valence-electron chi connectivity index (χ2n) is 9.80. The number of likely N-dealkylation sites (N-methyl/N-ethyl adjacent to an activating group) is 1. The number of benzene rings is 3. The quantitative estimate of drug-likeness (QED) is 0.259. The summed E-state index contributed by atoms with van der Waals surface area (Å²) >= 11 is 7.48. The van der Waals surface area contributed by atoms with Crippen LogP contribution in [0.4, 0.5) is 0 Å². The van der Waals surface area contributed by atoms with Crippen molar-refractivity contribution in [1.82, 2.24) is 9.47 Å². The van der Waals surface area contributed by atoms with Crippen LogP contribution in [-0.2, 0) is 11.4 Å². The van der Waals surface area contributed by atoms with Crippen LogP contribution >= 0.6 is 22.9 Å². The number of allylic oxidation sites excluding steroid dienone is 1. The van der Waals surface area contributed by atoms with E-state index in [0.29, 0.717) is 56.8 Å². The van der Waals surface area contributed by atoms with E-state index in [4.69, 9.17) is 26.1 Å². The molecule has 0 aliphatic carbocycles. The number of hydrogen-bond donors (Lipinski definition) is 0. The molecule has 9 heteroatoms. The Hall–Kier alpha value is -4.14. The third-order valence-corrected chi connectivity index (χ3v) is 8.45.